The molecule has 0 saturated carbocycles. The summed E-state index contributed by atoms with van der Waals surface area (Å²) in [5.74, 6) is -0.654. The Balaban J connectivity index is 2.12. The van der Waals surface area contributed by atoms with Crippen molar-refractivity contribution in [2.45, 2.75) is 13.8 Å². The molecule has 4 nitrogen and oxygen atoms in total. The zero-order valence-corrected chi connectivity index (χ0v) is 16.3. The van der Waals surface area contributed by atoms with Crippen LogP contribution in [0.2, 0.25) is 0 Å². The van der Waals surface area contributed by atoms with Crippen LogP contribution in [0.5, 0.6) is 0 Å². The third-order valence-corrected chi connectivity index (χ3v) is 4.86. The van der Waals surface area contributed by atoms with Crippen LogP contribution in [-0.4, -0.2) is 23.3 Å². The second kappa shape index (κ2) is 7.30. The molecule has 3 rings (SSSR count). The lowest BCUT2D eigenvalue weighted by atomic mass is 9.99. The monoisotopic (exact) mass is 410 g/mol. The quantitative estimate of drug-likeness (QED) is 0.585. The fourth-order valence-corrected chi connectivity index (χ4v) is 3.26. The Kier molecular flexibility index (Phi) is 5.09. The Labute approximate surface area is 161 Å². The molecule has 0 aromatic heterocycles. The number of carbonyl (C=O) groups excluding carboxylic acids is 2. The minimum Gasteiger partial charge on any atom is -0.350 e. The molecule has 1 N–H and O–H groups in total. The van der Waals surface area contributed by atoms with Gasteiger partial charge in [0.1, 0.15) is 5.70 Å². The van der Waals surface area contributed by atoms with Crippen molar-refractivity contribution in [3.05, 3.63) is 82.0 Å². The number of nitrogens with one attached hydrogen (secondary N) is 1. The van der Waals surface area contributed by atoms with Crippen LogP contribution >= 0.6 is 15.9 Å². The molecule has 2 aromatic rings. The van der Waals surface area contributed by atoms with Crippen LogP contribution in [0.25, 0.3) is 5.57 Å². The number of amides is 2. The molecule has 0 radical (unpaired) electrons. The molecule has 5 heteroatoms. The largest absolute Gasteiger partial charge is 0.350 e. The minimum atomic E-state index is -0.344. The molecule has 1 aliphatic rings. The average Bonchev–Trinajstić information content (AvgIpc) is 2.82. The van der Waals surface area contributed by atoms with Gasteiger partial charge in [0.25, 0.3) is 11.8 Å². The van der Waals surface area contributed by atoms with E-state index in [0.29, 0.717) is 11.3 Å². The van der Waals surface area contributed by atoms with E-state index in [4.69, 9.17) is 0 Å². The van der Waals surface area contributed by atoms with E-state index in [1.807, 2.05) is 56.3 Å². The summed E-state index contributed by atoms with van der Waals surface area (Å²) in [5, 5.41) is 3.14. The Morgan fingerprint density at radius 3 is 2.50 bits per heavy atom. The van der Waals surface area contributed by atoms with Crippen LogP contribution in [0.3, 0.4) is 0 Å². The van der Waals surface area contributed by atoms with E-state index in [2.05, 4.69) is 27.8 Å². The number of imide groups is 1. The number of anilines is 1. The molecule has 0 unspecified atom stereocenters. The van der Waals surface area contributed by atoms with Gasteiger partial charge in [-0.2, -0.15) is 0 Å². The number of carbonyl (C=O) groups is 2. The van der Waals surface area contributed by atoms with Crippen LogP contribution in [0, 0.1) is 13.8 Å². The van der Waals surface area contributed by atoms with Crippen molar-refractivity contribution in [1.29, 1.82) is 0 Å². The van der Waals surface area contributed by atoms with Gasteiger partial charge in [0.05, 0.1) is 5.57 Å². The first-order chi connectivity index (χ1) is 12.4. The van der Waals surface area contributed by atoms with Gasteiger partial charge < -0.3 is 5.32 Å². The smallest absolute Gasteiger partial charge is 0.278 e. The molecule has 0 aliphatic carbocycles. The second-order valence-electron chi connectivity index (χ2n) is 6.19. The molecular weight excluding hydrogens is 392 g/mol. The normalized spacial score (nSPS) is 14.2. The van der Waals surface area contributed by atoms with Crippen molar-refractivity contribution < 1.29 is 9.59 Å². The highest BCUT2D eigenvalue weighted by Gasteiger charge is 2.38. The van der Waals surface area contributed by atoms with Gasteiger partial charge in [-0.25, -0.2) is 0 Å². The number of hydrogen-bond acceptors (Lipinski definition) is 3. The van der Waals surface area contributed by atoms with E-state index in [9.17, 15) is 9.59 Å². The van der Waals surface area contributed by atoms with Crippen LogP contribution in [0.15, 0.2) is 65.3 Å². The highest BCUT2D eigenvalue weighted by atomic mass is 79.9. The van der Waals surface area contributed by atoms with Crippen LogP contribution in [0.4, 0.5) is 5.69 Å². The lowest BCUT2D eigenvalue weighted by Gasteiger charge is -2.12. The van der Waals surface area contributed by atoms with Gasteiger partial charge in [-0.15, -0.1) is 6.58 Å². The molecule has 26 heavy (non-hydrogen) atoms. The number of rotatable bonds is 5. The van der Waals surface area contributed by atoms with Crippen molar-refractivity contribution in [1.82, 2.24) is 4.90 Å². The average molecular weight is 411 g/mol. The van der Waals surface area contributed by atoms with Crippen molar-refractivity contribution in [3.8, 4) is 0 Å². The van der Waals surface area contributed by atoms with Gasteiger partial charge in [0.15, 0.2) is 0 Å². The molecule has 1 heterocycles. The highest BCUT2D eigenvalue weighted by Crippen LogP contribution is 2.31. The molecule has 2 aromatic carbocycles. The fourth-order valence-electron chi connectivity index (χ4n) is 2.86. The predicted molar refractivity (Wildman–Crippen MR) is 108 cm³/mol. The van der Waals surface area contributed by atoms with Crippen molar-refractivity contribution in [2.24, 2.45) is 0 Å². The lowest BCUT2D eigenvalue weighted by Crippen LogP contribution is -2.32. The Morgan fingerprint density at radius 1 is 1.08 bits per heavy atom. The lowest BCUT2D eigenvalue weighted by molar-refractivity contribution is -0.136. The molecular formula is C21H19BrN2O2. The summed E-state index contributed by atoms with van der Waals surface area (Å²) in [6.07, 6.45) is 1.55. The highest BCUT2D eigenvalue weighted by molar-refractivity contribution is 9.10. The molecule has 0 spiro atoms. The fraction of sp³-hybridized carbons (Fsp3) is 0.143. The molecule has 132 valence electrons. The zero-order chi connectivity index (χ0) is 18.8. The van der Waals surface area contributed by atoms with Gasteiger partial charge in [-0.3, -0.25) is 14.5 Å². The molecule has 0 saturated heterocycles. The minimum absolute atomic E-state index is 0.176. The van der Waals surface area contributed by atoms with Crippen LogP contribution in [0.1, 0.15) is 16.7 Å². The first-order valence-corrected chi connectivity index (χ1v) is 9.03. The summed E-state index contributed by atoms with van der Waals surface area (Å²) in [6, 6.07) is 13.3. The SMILES string of the molecule is C=CCN1C(=O)C(Nc2cccc(Br)c2)=C(c2ccc(C)c(C)c2)C1=O. The van der Waals surface area contributed by atoms with E-state index < -0.39 is 0 Å². The summed E-state index contributed by atoms with van der Waals surface area (Å²) < 4.78 is 0.885. The summed E-state index contributed by atoms with van der Waals surface area (Å²) >= 11 is 3.42. The Morgan fingerprint density at radius 2 is 1.85 bits per heavy atom. The van der Waals surface area contributed by atoms with Crippen molar-refractivity contribution >= 4 is 39.0 Å². The van der Waals surface area contributed by atoms with E-state index in [1.165, 1.54) is 4.90 Å². The van der Waals surface area contributed by atoms with E-state index in [0.717, 1.165) is 26.9 Å². The van der Waals surface area contributed by atoms with Gasteiger partial charge in [-0.05, 0) is 48.7 Å². The first kappa shape index (κ1) is 18.1. The number of aryl methyl sites for hydroxylation is 2. The zero-order valence-electron chi connectivity index (χ0n) is 14.7. The molecule has 0 fully saturated rings. The van der Waals surface area contributed by atoms with E-state index >= 15 is 0 Å². The van der Waals surface area contributed by atoms with Crippen LogP contribution in [-0.2, 0) is 9.59 Å². The number of benzene rings is 2. The Bertz CT molecular complexity index is 947. The van der Waals surface area contributed by atoms with E-state index in [1.54, 1.807) is 6.08 Å². The summed E-state index contributed by atoms with van der Waals surface area (Å²) in [6.45, 7) is 7.83. The Hall–Kier alpha value is -2.66. The third-order valence-electron chi connectivity index (χ3n) is 4.37. The van der Waals surface area contributed by atoms with Gasteiger partial charge in [0.2, 0.25) is 0 Å². The number of halogens is 1. The number of nitrogens with zero attached hydrogens (tertiary/aromatic N) is 1. The maximum Gasteiger partial charge on any atom is 0.278 e. The molecule has 2 amide bonds. The number of hydrogen-bond donors (Lipinski definition) is 1. The van der Waals surface area contributed by atoms with Crippen molar-refractivity contribution in [3.63, 3.8) is 0 Å². The molecule has 0 bridgehead atoms. The van der Waals surface area contributed by atoms with Crippen molar-refractivity contribution in [2.75, 3.05) is 11.9 Å². The molecule has 0 atom stereocenters. The van der Waals surface area contributed by atoms with Crippen LogP contribution < -0.4 is 5.32 Å². The first-order valence-electron chi connectivity index (χ1n) is 8.24. The summed E-state index contributed by atoms with van der Waals surface area (Å²) in [7, 11) is 0. The van der Waals surface area contributed by atoms with Gasteiger partial charge in [0, 0.05) is 16.7 Å². The molecule has 1 aliphatic heterocycles. The maximum atomic E-state index is 12.9. The maximum absolute atomic E-state index is 12.9. The standard InChI is InChI=1S/C21H19BrN2O2/c1-4-10-24-20(25)18(15-9-8-13(2)14(3)11-15)19(21(24)26)23-17-7-5-6-16(22)12-17/h4-9,11-12,23H,1,10H2,2-3H3. The third kappa shape index (κ3) is 3.35. The predicted octanol–water partition coefficient (Wildman–Crippen LogP) is 4.44. The topological polar surface area (TPSA) is 49.4 Å². The summed E-state index contributed by atoms with van der Waals surface area (Å²) in [4.78, 5) is 27.0. The van der Waals surface area contributed by atoms with E-state index in [-0.39, 0.29) is 18.4 Å². The summed E-state index contributed by atoms with van der Waals surface area (Å²) in [5.41, 5.74) is 4.35. The van der Waals surface area contributed by atoms with Gasteiger partial charge in [-0.1, -0.05) is 46.3 Å². The second-order valence-corrected chi connectivity index (χ2v) is 7.11. The van der Waals surface area contributed by atoms with Gasteiger partial charge >= 0.3 is 0 Å².